The Labute approximate surface area is 150 Å². The van der Waals surface area contributed by atoms with Crippen molar-refractivity contribution in [2.24, 2.45) is 5.92 Å². The molecular weight excluding hydrogens is 339 g/mol. The average Bonchev–Trinajstić information content (AvgIpc) is 2.98. The van der Waals surface area contributed by atoms with E-state index in [9.17, 15) is 9.59 Å². The van der Waals surface area contributed by atoms with E-state index in [0.29, 0.717) is 25.4 Å². The first kappa shape index (κ1) is 22.2. The second-order valence-corrected chi connectivity index (χ2v) is 5.81. The SMILES string of the molecule is C=CCNC(=O)CN1CCN(C(=O)CC2CCNC2)CC1.Cl.Cl. The van der Waals surface area contributed by atoms with Crippen molar-refractivity contribution >= 4 is 36.6 Å². The first-order valence-electron chi connectivity index (χ1n) is 7.77. The topological polar surface area (TPSA) is 64.7 Å². The zero-order valence-corrected chi connectivity index (χ0v) is 15.1. The maximum Gasteiger partial charge on any atom is 0.234 e. The van der Waals surface area contributed by atoms with E-state index >= 15 is 0 Å². The van der Waals surface area contributed by atoms with Crippen molar-refractivity contribution in [1.29, 1.82) is 0 Å². The van der Waals surface area contributed by atoms with Crippen molar-refractivity contribution in [3.05, 3.63) is 12.7 Å². The molecule has 2 aliphatic heterocycles. The van der Waals surface area contributed by atoms with E-state index in [-0.39, 0.29) is 36.6 Å². The van der Waals surface area contributed by atoms with E-state index in [1.807, 2.05) is 4.90 Å². The molecule has 2 aliphatic rings. The number of amides is 2. The lowest BCUT2D eigenvalue weighted by Gasteiger charge is -2.34. The van der Waals surface area contributed by atoms with Gasteiger partial charge in [0.2, 0.25) is 11.8 Å². The molecule has 2 fully saturated rings. The van der Waals surface area contributed by atoms with Crippen LogP contribution in [-0.4, -0.2) is 74.0 Å². The van der Waals surface area contributed by atoms with Crippen LogP contribution in [0.2, 0.25) is 0 Å². The van der Waals surface area contributed by atoms with E-state index in [0.717, 1.165) is 45.7 Å². The molecule has 2 heterocycles. The summed E-state index contributed by atoms with van der Waals surface area (Å²) in [5.74, 6) is 0.784. The van der Waals surface area contributed by atoms with Crippen LogP contribution in [-0.2, 0) is 9.59 Å². The fraction of sp³-hybridized carbons (Fsp3) is 0.733. The van der Waals surface area contributed by atoms with Gasteiger partial charge in [-0.3, -0.25) is 14.5 Å². The van der Waals surface area contributed by atoms with E-state index in [1.54, 1.807) is 6.08 Å². The zero-order chi connectivity index (χ0) is 15.1. The van der Waals surface area contributed by atoms with Gasteiger partial charge >= 0.3 is 0 Å². The summed E-state index contributed by atoms with van der Waals surface area (Å²) in [4.78, 5) is 27.9. The van der Waals surface area contributed by atoms with Crippen LogP contribution in [0.15, 0.2) is 12.7 Å². The van der Waals surface area contributed by atoms with Crippen molar-refractivity contribution in [2.75, 3.05) is 52.4 Å². The number of carbonyl (C=O) groups excluding carboxylic acids is 2. The fourth-order valence-corrected chi connectivity index (χ4v) is 2.87. The Hall–Kier alpha value is -0.820. The molecule has 1 unspecified atom stereocenters. The van der Waals surface area contributed by atoms with Gasteiger partial charge in [0, 0.05) is 39.1 Å². The Morgan fingerprint density at radius 3 is 2.48 bits per heavy atom. The van der Waals surface area contributed by atoms with Gasteiger partial charge in [-0.15, -0.1) is 31.4 Å². The molecule has 2 rings (SSSR count). The minimum Gasteiger partial charge on any atom is -0.352 e. The summed E-state index contributed by atoms with van der Waals surface area (Å²) < 4.78 is 0. The molecule has 0 aromatic rings. The third-order valence-corrected chi connectivity index (χ3v) is 4.16. The summed E-state index contributed by atoms with van der Waals surface area (Å²) >= 11 is 0. The molecule has 23 heavy (non-hydrogen) atoms. The second-order valence-electron chi connectivity index (χ2n) is 5.81. The number of carbonyl (C=O) groups is 2. The van der Waals surface area contributed by atoms with E-state index in [4.69, 9.17) is 0 Å². The number of nitrogens with one attached hydrogen (secondary N) is 2. The number of rotatable bonds is 6. The molecule has 0 saturated carbocycles. The lowest BCUT2D eigenvalue weighted by atomic mass is 10.0. The van der Waals surface area contributed by atoms with Gasteiger partial charge in [0.15, 0.2) is 0 Å². The summed E-state index contributed by atoms with van der Waals surface area (Å²) in [6.45, 7) is 9.49. The van der Waals surface area contributed by atoms with Gasteiger partial charge in [-0.25, -0.2) is 0 Å². The molecule has 134 valence electrons. The van der Waals surface area contributed by atoms with Crippen molar-refractivity contribution in [3.8, 4) is 0 Å². The summed E-state index contributed by atoms with van der Waals surface area (Å²) in [7, 11) is 0. The van der Waals surface area contributed by atoms with Crippen molar-refractivity contribution < 1.29 is 9.59 Å². The van der Waals surface area contributed by atoms with Crippen LogP contribution in [0.4, 0.5) is 0 Å². The van der Waals surface area contributed by atoms with Gasteiger partial charge in [0.25, 0.3) is 0 Å². The number of halogens is 2. The third-order valence-electron chi connectivity index (χ3n) is 4.16. The first-order valence-corrected chi connectivity index (χ1v) is 7.77. The largest absolute Gasteiger partial charge is 0.352 e. The van der Waals surface area contributed by atoms with Crippen LogP contribution < -0.4 is 10.6 Å². The quantitative estimate of drug-likeness (QED) is 0.662. The van der Waals surface area contributed by atoms with Crippen molar-refractivity contribution in [2.45, 2.75) is 12.8 Å². The van der Waals surface area contributed by atoms with Gasteiger partial charge in [-0.1, -0.05) is 6.08 Å². The van der Waals surface area contributed by atoms with Crippen LogP contribution in [0.3, 0.4) is 0 Å². The average molecular weight is 367 g/mol. The Bertz CT molecular complexity index is 382. The number of nitrogens with zero attached hydrogens (tertiary/aromatic N) is 2. The molecule has 2 saturated heterocycles. The molecule has 0 spiro atoms. The number of piperazine rings is 1. The summed E-state index contributed by atoms with van der Waals surface area (Å²) in [6, 6.07) is 0. The molecule has 8 heteroatoms. The summed E-state index contributed by atoms with van der Waals surface area (Å²) in [6.07, 6.45) is 3.44. The number of hydrogen-bond acceptors (Lipinski definition) is 4. The van der Waals surface area contributed by atoms with Crippen molar-refractivity contribution in [1.82, 2.24) is 20.4 Å². The molecule has 0 bridgehead atoms. The van der Waals surface area contributed by atoms with E-state index in [2.05, 4.69) is 22.1 Å². The normalized spacial score (nSPS) is 21.0. The van der Waals surface area contributed by atoms with Gasteiger partial charge < -0.3 is 15.5 Å². The van der Waals surface area contributed by atoms with Crippen LogP contribution >= 0.6 is 24.8 Å². The van der Waals surface area contributed by atoms with Gasteiger partial charge in [-0.05, 0) is 25.4 Å². The molecule has 2 N–H and O–H groups in total. The third kappa shape index (κ3) is 7.52. The predicted octanol–water partition coefficient (Wildman–Crippen LogP) is 0.276. The standard InChI is InChI=1S/C15H26N4O2.2ClH/c1-2-4-17-14(20)12-18-6-8-19(9-7-18)15(21)10-13-3-5-16-11-13;;/h2,13,16H,1,3-12H2,(H,17,20);2*1H. The van der Waals surface area contributed by atoms with Crippen LogP contribution in [0.5, 0.6) is 0 Å². The zero-order valence-electron chi connectivity index (χ0n) is 13.5. The Balaban J connectivity index is 0.00000242. The van der Waals surface area contributed by atoms with Crippen LogP contribution in [0.1, 0.15) is 12.8 Å². The Kier molecular flexibility index (Phi) is 11.3. The minimum atomic E-state index is 0. The molecule has 0 aliphatic carbocycles. The Morgan fingerprint density at radius 2 is 1.91 bits per heavy atom. The molecule has 6 nitrogen and oxygen atoms in total. The highest BCUT2D eigenvalue weighted by atomic mass is 35.5. The Morgan fingerprint density at radius 1 is 1.22 bits per heavy atom. The highest BCUT2D eigenvalue weighted by Gasteiger charge is 2.25. The second kappa shape index (κ2) is 11.7. The van der Waals surface area contributed by atoms with E-state index < -0.39 is 0 Å². The molecule has 0 radical (unpaired) electrons. The van der Waals surface area contributed by atoms with Crippen LogP contribution in [0, 0.1) is 5.92 Å². The predicted molar refractivity (Wildman–Crippen MR) is 96.3 cm³/mol. The molecule has 0 aromatic heterocycles. The van der Waals surface area contributed by atoms with Gasteiger partial charge in [0.1, 0.15) is 0 Å². The lowest BCUT2D eigenvalue weighted by Crippen LogP contribution is -2.51. The van der Waals surface area contributed by atoms with Gasteiger partial charge in [0.05, 0.1) is 6.54 Å². The first-order chi connectivity index (χ1) is 10.2. The van der Waals surface area contributed by atoms with Crippen molar-refractivity contribution in [3.63, 3.8) is 0 Å². The summed E-state index contributed by atoms with van der Waals surface area (Å²) in [5.41, 5.74) is 0. The maximum absolute atomic E-state index is 12.2. The minimum absolute atomic E-state index is 0. The molecule has 2 amide bonds. The molecule has 0 aromatic carbocycles. The van der Waals surface area contributed by atoms with Gasteiger partial charge in [-0.2, -0.15) is 0 Å². The smallest absolute Gasteiger partial charge is 0.234 e. The number of hydrogen-bond donors (Lipinski definition) is 2. The highest BCUT2D eigenvalue weighted by molar-refractivity contribution is 5.85. The maximum atomic E-state index is 12.2. The summed E-state index contributed by atoms with van der Waals surface area (Å²) in [5, 5.41) is 6.07. The molecule has 1 atom stereocenters. The lowest BCUT2D eigenvalue weighted by molar-refractivity contribution is -0.134. The highest BCUT2D eigenvalue weighted by Crippen LogP contribution is 2.14. The van der Waals surface area contributed by atoms with Crippen LogP contribution in [0.25, 0.3) is 0 Å². The molecular formula is C15H28Cl2N4O2. The fourth-order valence-electron chi connectivity index (χ4n) is 2.87. The monoisotopic (exact) mass is 366 g/mol. The van der Waals surface area contributed by atoms with E-state index in [1.165, 1.54) is 0 Å².